The number of benzene rings is 1. The molecule has 0 heterocycles. The number of ether oxygens (including phenoxy) is 1. The molecule has 0 aliphatic rings. The van der Waals surface area contributed by atoms with Crippen LogP contribution < -0.4 is 4.74 Å². The summed E-state index contributed by atoms with van der Waals surface area (Å²) in [6.45, 7) is 7.54. The van der Waals surface area contributed by atoms with Crippen molar-refractivity contribution in [3.63, 3.8) is 0 Å². The predicted molar refractivity (Wildman–Crippen MR) is 96.8 cm³/mol. The monoisotopic (exact) mass is 308 g/mol. The Labute approximate surface area is 136 Å². The van der Waals surface area contributed by atoms with Gasteiger partial charge in [-0.15, -0.1) is 0 Å². The van der Waals surface area contributed by atoms with Crippen molar-refractivity contribution in [2.45, 2.75) is 71.1 Å². The highest BCUT2D eigenvalue weighted by molar-refractivity contribution is 7.80. The van der Waals surface area contributed by atoms with Gasteiger partial charge in [0.05, 0.1) is 6.61 Å². The summed E-state index contributed by atoms with van der Waals surface area (Å²) in [5, 5.41) is 0. The van der Waals surface area contributed by atoms with Crippen molar-refractivity contribution in [3.8, 4) is 5.75 Å². The summed E-state index contributed by atoms with van der Waals surface area (Å²) in [6, 6.07) is 8.55. The summed E-state index contributed by atoms with van der Waals surface area (Å²) in [4.78, 5) is 0. The lowest BCUT2D eigenvalue weighted by Gasteiger charge is -2.19. The van der Waals surface area contributed by atoms with Crippen LogP contribution in [0.2, 0.25) is 0 Å². The molecule has 0 spiro atoms. The van der Waals surface area contributed by atoms with Crippen LogP contribution in [0.1, 0.15) is 71.3 Å². The molecule has 21 heavy (non-hydrogen) atoms. The second-order valence-corrected chi connectivity index (χ2v) is 7.27. The Balaban J connectivity index is 2.08. The smallest absolute Gasteiger partial charge is 0.119 e. The van der Waals surface area contributed by atoms with Gasteiger partial charge in [-0.25, -0.2) is 0 Å². The molecule has 0 amide bonds. The second kappa shape index (κ2) is 10.2. The molecule has 0 saturated carbocycles. The third-order valence-electron chi connectivity index (χ3n) is 3.79. The quantitative estimate of drug-likeness (QED) is 0.410. The molecule has 0 saturated heterocycles. The Morgan fingerprint density at radius 1 is 0.810 bits per heavy atom. The Hall–Kier alpha value is -0.630. The first-order valence-corrected chi connectivity index (χ1v) is 9.01. The average molecular weight is 309 g/mol. The van der Waals surface area contributed by atoms with Crippen molar-refractivity contribution in [2.75, 3.05) is 12.4 Å². The third kappa shape index (κ3) is 8.40. The van der Waals surface area contributed by atoms with Gasteiger partial charge in [0.15, 0.2) is 0 Å². The standard InChI is InChI=1S/C19H32OS/c1-19(2,3)17-11-13-18(14-12-17)20-15-9-7-5-4-6-8-10-16-21/h11-14,21H,4-10,15-16H2,1-3H3. The molecule has 1 rings (SSSR count). The Morgan fingerprint density at radius 3 is 1.86 bits per heavy atom. The van der Waals surface area contributed by atoms with E-state index in [0.29, 0.717) is 0 Å². The zero-order chi connectivity index (χ0) is 15.6. The summed E-state index contributed by atoms with van der Waals surface area (Å²) < 4.78 is 5.81. The number of rotatable bonds is 10. The molecule has 0 aliphatic carbocycles. The van der Waals surface area contributed by atoms with E-state index in [-0.39, 0.29) is 5.41 Å². The van der Waals surface area contributed by atoms with Crippen molar-refractivity contribution in [3.05, 3.63) is 29.8 Å². The molecule has 1 aromatic rings. The van der Waals surface area contributed by atoms with Gasteiger partial charge in [0, 0.05) is 0 Å². The van der Waals surface area contributed by atoms with Gasteiger partial charge in [0.2, 0.25) is 0 Å². The minimum absolute atomic E-state index is 0.214. The van der Waals surface area contributed by atoms with Crippen LogP contribution in [0.4, 0.5) is 0 Å². The molecule has 0 aromatic heterocycles. The van der Waals surface area contributed by atoms with Crippen molar-refractivity contribution < 1.29 is 4.74 Å². The van der Waals surface area contributed by atoms with Crippen molar-refractivity contribution >= 4 is 12.6 Å². The van der Waals surface area contributed by atoms with Crippen molar-refractivity contribution in [2.24, 2.45) is 0 Å². The summed E-state index contributed by atoms with van der Waals surface area (Å²) in [7, 11) is 0. The van der Waals surface area contributed by atoms with Gasteiger partial charge >= 0.3 is 0 Å². The van der Waals surface area contributed by atoms with Crippen molar-refractivity contribution in [1.82, 2.24) is 0 Å². The number of hydrogen-bond acceptors (Lipinski definition) is 2. The summed E-state index contributed by atoms with van der Waals surface area (Å²) in [5.41, 5.74) is 1.57. The van der Waals surface area contributed by atoms with E-state index >= 15 is 0 Å². The van der Waals surface area contributed by atoms with Crippen LogP contribution >= 0.6 is 12.6 Å². The first-order chi connectivity index (χ1) is 10.0. The fourth-order valence-corrected chi connectivity index (χ4v) is 2.56. The molecule has 0 aliphatic heterocycles. The average Bonchev–Trinajstić information content (AvgIpc) is 2.45. The molecule has 0 bridgehead atoms. The van der Waals surface area contributed by atoms with Crippen LogP contribution in [0.25, 0.3) is 0 Å². The van der Waals surface area contributed by atoms with E-state index in [4.69, 9.17) is 4.74 Å². The maximum atomic E-state index is 5.81. The van der Waals surface area contributed by atoms with E-state index in [9.17, 15) is 0 Å². The lowest BCUT2D eigenvalue weighted by Crippen LogP contribution is -2.10. The molecule has 1 nitrogen and oxygen atoms in total. The highest BCUT2D eigenvalue weighted by Gasteiger charge is 2.12. The largest absolute Gasteiger partial charge is 0.494 e. The fraction of sp³-hybridized carbons (Fsp3) is 0.684. The van der Waals surface area contributed by atoms with E-state index in [1.54, 1.807) is 0 Å². The number of thiol groups is 1. The summed E-state index contributed by atoms with van der Waals surface area (Å²) >= 11 is 4.23. The van der Waals surface area contributed by atoms with Crippen LogP contribution in [0.3, 0.4) is 0 Å². The van der Waals surface area contributed by atoms with Crippen LogP contribution in [-0.4, -0.2) is 12.4 Å². The highest BCUT2D eigenvalue weighted by atomic mass is 32.1. The van der Waals surface area contributed by atoms with Crippen LogP contribution in [-0.2, 0) is 5.41 Å². The van der Waals surface area contributed by atoms with Gasteiger partial charge in [0.25, 0.3) is 0 Å². The van der Waals surface area contributed by atoms with Crippen LogP contribution in [0.5, 0.6) is 5.75 Å². The van der Waals surface area contributed by atoms with Gasteiger partial charge in [-0.2, -0.15) is 12.6 Å². The SMILES string of the molecule is CC(C)(C)c1ccc(OCCCCCCCCCS)cc1. The van der Waals surface area contributed by atoms with E-state index in [1.165, 1.54) is 44.1 Å². The highest BCUT2D eigenvalue weighted by Crippen LogP contribution is 2.24. The minimum atomic E-state index is 0.214. The van der Waals surface area contributed by atoms with Gasteiger partial charge in [0.1, 0.15) is 5.75 Å². The molecule has 0 radical (unpaired) electrons. The molecular weight excluding hydrogens is 276 g/mol. The number of unbranched alkanes of at least 4 members (excludes halogenated alkanes) is 6. The first kappa shape index (κ1) is 18.4. The zero-order valence-electron chi connectivity index (χ0n) is 14.0. The zero-order valence-corrected chi connectivity index (χ0v) is 14.9. The molecule has 120 valence electrons. The molecule has 1 aromatic carbocycles. The second-order valence-electron chi connectivity index (χ2n) is 6.82. The van der Waals surface area contributed by atoms with Crippen molar-refractivity contribution in [1.29, 1.82) is 0 Å². The lowest BCUT2D eigenvalue weighted by molar-refractivity contribution is 0.304. The van der Waals surface area contributed by atoms with Gasteiger partial charge < -0.3 is 4.74 Å². The van der Waals surface area contributed by atoms with E-state index < -0.39 is 0 Å². The van der Waals surface area contributed by atoms with E-state index in [0.717, 1.165) is 24.5 Å². The maximum Gasteiger partial charge on any atom is 0.119 e. The molecule has 0 N–H and O–H groups in total. The predicted octanol–water partition coefficient (Wildman–Crippen LogP) is 6.02. The summed E-state index contributed by atoms with van der Waals surface area (Å²) in [6.07, 6.45) is 9.08. The molecular formula is C19H32OS. The van der Waals surface area contributed by atoms with E-state index in [2.05, 4.69) is 57.7 Å². The number of hydrogen-bond donors (Lipinski definition) is 1. The molecule has 2 heteroatoms. The van der Waals surface area contributed by atoms with E-state index in [1.807, 2.05) is 0 Å². The van der Waals surface area contributed by atoms with Gasteiger partial charge in [-0.1, -0.05) is 65.0 Å². The maximum absolute atomic E-state index is 5.81. The van der Waals surface area contributed by atoms with Gasteiger partial charge in [-0.05, 0) is 41.7 Å². The topological polar surface area (TPSA) is 9.23 Å². The lowest BCUT2D eigenvalue weighted by atomic mass is 9.87. The molecule has 0 atom stereocenters. The summed E-state index contributed by atoms with van der Waals surface area (Å²) in [5.74, 6) is 2.03. The fourth-order valence-electron chi connectivity index (χ4n) is 2.34. The molecule has 0 fully saturated rings. The first-order valence-electron chi connectivity index (χ1n) is 8.38. The van der Waals surface area contributed by atoms with Crippen LogP contribution in [0.15, 0.2) is 24.3 Å². The minimum Gasteiger partial charge on any atom is -0.494 e. The Kier molecular flexibility index (Phi) is 8.91. The van der Waals surface area contributed by atoms with Gasteiger partial charge in [-0.3, -0.25) is 0 Å². The van der Waals surface area contributed by atoms with Crippen LogP contribution in [0, 0.1) is 0 Å². The third-order valence-corrected chi connectivity index (χ3v) is 4.11. The Bertz CT molecular complexity index is 364. The molecule has 0 unspecified atom stereocenters. The normalized spacial score (nSPS) is 11.6. The Morgan fingerprint density at radius 2 is 1.33 bits per heavy atom.